The molecule has 0 radical (unpaired) electrons. The van der Waals surface area contributed by atoms with Crippen molar-refractivity contribution in [2.45, 2.75) is 25.4 Å². The van der Waals surface area contributed by atoms with Crippen molar-refractivity contribution in [2.24, 2.45) is 0 Å². The second-order valence-electron chi connectivity index (χ2n) is 7.19. The second-order valence-corrected chi connectivity index (χ2v) is 9.89. The van der Waals surface area contributed by atoms with E-state index in [2.05, 4.69) is 5.32 Å². The third-order valence-electron chi connectivity index (χ3n) is 4.92. The van der Waals surface area contributed by atoms with E-state index in [9.17, 15) is 18.0 Å². The van der Waals surface area contributed by atoms with E-state index in [1.807, 2.05) is 24.3 Å². The smallest absolute Gasteiger partial charge is 0.255 e. The average molecular weight is 435 g/mol. The fourth-order valence-electron chi connectivity index (χ4n) is 3.38. The molecule has 0 saturated carbocycles. The lowest BCUT2D eigenvalue weighted by molar-refractivity contribution is -0.125. The van der Waals surface area contributed by atoms with E-state index < -0.39 is 15.9 Å². The monoisotopic (exact) mass is 434 g/mol. The van der Waals surface area contributed by atoms with Gasteiger partial charge in [-0.2, -0.15) is 0 Å². The Morgan fingerprint density at radius 1 is 1.17 bits per heavy atom. The van der Waals surface area contributed by atoms with Crippen LogP contribution in [-0.2, 0) is 27.6 Å². The molecule has 1 aliphatic heterocycles. The zero-order chi connectivity index (χ0) is 21.0. The zero-order valence-corrected chi connectivity index (χ0v) is 17.7. The highest BCUT2D eigenvalue weighted by atomic mass is 35.5. The SMILES string of the molecule is CS(=O)(=O)CCC(C(=O)NCCc1ccc(Cl)cc1)N1Cc2ccccc2C1=O. The minimum Gasteiger partial charge on any atom is -0.354 e. The summed E-state index contributed by atoms with van der Waals surface area (Å²) in [5.41, 5.74) is 2.42. The zero-order valence-electron chi connectivity index (χ0n) is 16.1. The molecule has 1 unspecified atom stereocenters. The van der Waals surface area contributed by atoms with Crippen molar-refractivity contribution in [3.8, 4) is 0 Å². The number of hydrogen-bond acceptors (Lipinski definition) is 4. The Balaban J connectivity index is 1.69. The standard InChI is InChI=1S/C21H23ClN2O4S/c1-29(27,28)13-11-19(24-14-16-4-2-3-5-18(16)21(24)26)20(25)23-12-10-15-6-8-17(22)9-7-15/h2-9,19H,10-14H2,1H3,(H,23,25). The number of carbonyl (C=O) groups excluding carboxylic acids is 2. The van der Waals surface area contributed by atoms with Crippen LogP contribution in [0, 0.1) is 0 Å². The van der Waals surface area contributed by atoms with Gasteiger partial charge in [-0.25, -0.2) is 8.42 Å². The van der Waals surface area contributed by atoms with Gasteiger partial charge in [0.15, 0.2) is 0 Å². The molecule has 1 heterocycles. The van der Waals surface area contributed by atoms with Crippen LogP contribution >= 0.6 is 11.6 Å². The van der Waals surface area contributed by atoms with Gasteiger partial charge in [0, 0.05) is 29.9 Å². The molecule has 8 heteroatoms. The summed E-state index contributed by atoms with van der Waals surface area (Å²) in [6.45, 7) is 0.679. The van der Waals surface area contributed by atoms with Crippen LogP contribution in [0.25, 0.3) is 0 Å². The Morgan fingerprint density at radius 3 is 2.52 bits per heavy atom. The van der Waals surface area contributed by atoms with Crippen molar-refractivity contribution in [2.75, 3.05) is 18.6 Å². The number of fused-ring (bicyclic) bond motifs is 1. The Labute approximate surface area is 175 Å². The highest BCUT2D eigenvalue weighted by Gasteiger charge is 2.36. The molecule has 154 valence electrons. The fourth-order valence-corrected chi connectivity index (χ4v) is 4.16. The summed E-state index contributed by atoms with van der Waals surface area (Å²) in [5, 5.41) is 3.49. The van der Waals surface area contributed by atoms with Crippen molar-refractivity contribution < 1.29 is 18.0 Å². The van der Waals surface area contributed by atoms with Gasteiger partial charge in [-0.3, -0.25) is 9.59 Å². The summed E-state index contributed by atoms with van der Waals surface area (Å²) < 4.78 is 23.3. The third-order valence-corrected chi connectivity index (χ3v) is 6.15. The van der Waals surface area contributed by atoms with Crippen molar-refractivity contribution in [1.82, 2.24) is 10.2 Å². The maximum atomic E-state index is 12.9. The first kappa shape index (κ1) is 21.3. The van der Waals surface area contributed by atoms with Gasteiger partial charge in [-0.1, -0.05) is 41.9 Å². The third kappa shape index (κ3) is 5.58. The number of hydrogen-bond donors (Lipinski definition) is 1. The van der Waals surface area contributed by atoms with Gasteiger partial charge < -0.3 is 10.2 Å². The van der Waals surface area contributed by atoms with Gasteiger partial charge in [0.05, 0.1) is 5.75 Å². The number of amides is 2. The molecule has 1 atom stereocenters. The number of halogens is 1. The maximum Gasteiger partial charge on any atom is 0.255 e. The minimum absolute atomic E-state index is 0.0609. The van der Waals surface area contributed by atoms with E-state index in [0.717, 1.165) is 17.4 Å². The van der Waals surface area contributed by atoms with Crippen molar-refractivity contribution in [3.63, 3.8) is 0 Å². The van der Waals surface area contributed by atoms with Crippen molar-refractivity contribution >= 4 is 33.3 Å². The Bertz CT molecular complexity index is 1010. The molecule has 0 saturated heterocycles. The number of nitrogens with one attached hydrogen (secondary N) is 1. The first-order valence-electron chi connectivity index (χ1n) is 9.33. The first-order chi connectivity index (χ1) is 13.7. The molecule has 2 aromatic carbocycles. The van der Waals surface area contributed by atoms with Gasteiger partial charge in [0.25, 0.3) is 5.91 Å². The van der Waals surface area contributed by atoms with E-state index in [4.69, 9.17) is 11.6 Å². The van der Waals surface area contributed by atoms with Crippen molar-refractivity contribution in [1.29, 1.82) is 0 Å². The fraction of sp³-hybridized carbons (Fsp3) is 0.333. The van der Waals surface area contributed by atoms with Gasteiger partial charge >= 0.3 is 0 Å². The predicted molar refractivity (Wildman–Crippen MR) is 113 cm³/mol. The maximum absolute atomic E-state index is 12.9. The molecule has 0 bridgehead atoms. The second kappa shape index (κ2) is 8.97. The van der Waals surface area contributed by atoms with E-state index in [-0.39, 0.29) is 24.0 Å². The van der Waals surface area contributed by atoms with Crippen LogP contribution in [0.2, 0.25) is 5.02 Å². The number of nitrogens with zero attached hydrogens (tertiary/aromatic N) is 1. The Morgan fingerprint density at radius 2 is 1.86 bits per heavy atom. The Kier molecular flexibility index (Phi) is 6.59. The van der Waals surface area contributed by atoms with Crippen LogP contribution in [-0.4, -0.2) is 49.7 Å². The topological polar surface area (TPSA) is 83.6 Å². The van der Waals surface area contributed by atoms with Gasteiger partial charge in [0.2, 0.25) is 5.91 Å². The molecule has 2 amide bonds. The molecule has 29 heavy (non-hydrogen) atoms. The number of carbonyl (C=O) groups is 2. The molecule has 1 N–H and O–H groups in total. The van der Waals surface area contributed by atoms with Gasteiger partial charge in [-0.05, 0) is 42.2 Å². The van der Waals surface area contributed by atoms with E-state index in [1.165, 1.54) is 4.90 Å². The van der Waals surface area contributed by atoms with Crippen LogP contribution in [0.5, 0.6) is 0 Å². The summed E-state index contributed by atoms with van der Waals surface area (Å²) >= 11 is 5.88. The van der Waals surface area contributed by atoms with Crippen LogP contribution in [0.4, 0.5) is 0 Å². The summed E-state index contributed by atoms with van der Waals surface area (Å²) in [6, 6.07) is 13.7. The molecular formula is C21H23ClN2O4S. The lowest BCUT2D eigenvalue weighted by Crippen LogP contribution is -2.48. The first-order valence-corrected chi connectivity index (χ1v) is 11.8. The molecule has 3 rings (SSSR count). The lowest BCUT2D eigenvalue weighted by Gasteiger charge is -2.26. The highest BCUT2D eigenvalue weighted by molar-refractivity contribution is 7.90. The number of rotatable bonds is 8. The van der Waals surface area contributed by atoms with Crippen LogP contribution in [0.3, 0.4) is 0 Å². The summed E-state index contributed by atoms with van der Waals surface area (Å²) in [7, 11) is -3.27. The summed E-state index contributed by atoms with van der Waals surface area (Å²) in [5.74, 6) is -0.752. The quantitative estimate of drug-likeness (QED) is 0.691. The van der Waals surface area contributed by atoms with Gasteiger partial charge in [0.1, 0.15) is 15.9 Å². The molecule has 0 spiro atoms. The molecule has 1 aliphatic rings. The highest BCUT2D eigenvalue weighted by Crippen LogP contribution is 2.25. The summed E-state index contributed by atoms with van der Waals surface area (Å²) in [4.78, 5) is 27.1. The molecule has 2 aromatic rings. The molecule has 6 nitrogen and oxygen atoms in total. The number of sulfone groups is 1. The molecule has 0 aromatic heterocycles. The lowest BCUT2D eigenvalue weighted by atomic mass is 10.1. The van der Waals surface area contributed by atoms with E-state index in [1.54, 1.807) is 24.3 Å². The largest absolute Gasteiger partial charge is 0.354 e. The van der Waals surface area contributed by atoms with Crippen molar-refractivity contribution in [3.05, 3.63) is 70.2 Å². The minimum atomic E-state index is -3.27. The van der Waals surface area contributed by atoms with E-state index >= 15 is 0 Å². The molecule has 0 aliphatic carbocycles. The molecule has 0 fully saturated rings. The predicted octanol–water partition coefficient (Wildman–Crippen LogP) is 2.46. The number of benzene rings is 2. The van der Waals surface area contributed by atoms with Crippen LogP contribution in [0.15, 0.2) is 48.5 Å². The summed E-state index contributed by atoms with van der Waals surface area (Å²) in [6.07, 6.45) is 1.80. The van der Waals surface area contributed by atoms with Crippen LogP contribution in [0.1, 0.15) is 27.9 Å². The van der Waals surface area contributed by atoms with Gasteiger partial charge in [-0.15, -0.1) is 0 Å². The normalized spacial score (nSPS) is 14.6. The van der Waals surface area contributed by atoms with E-state index in [0.29, 0.717) is 30.1 Å². The van der Waals surface area contributed by atoms with Crippen LogP contribution < -0.4 is 5.32 Å². The Hall–Kier alpha value is -2.38. The molecular weight excluding hydrogens is 412 g/mol. The average Bonchev–Trinajstić information content (AvgIpc) is 2.99.